The van der Waals surface area contributed by atoms with Gasteiger partial charge in [0.25, 0.3) is 5.56 Å². The van der Waals surface area contributed by atoms with E-state index in [1.807, 2.05) is 0 Å². The molecule has 2 aromatic carbocycles. The van der Waals surface area contributed by atoms with Crippen molar-refractivity contribution in [2.45, 2.75) is 20.0 Å². The lowest BCUT2D eigenvalue weighted by Crippen LogP contribution is -2.24. The molecule has 7 nitrogen and oxygen atoms in total. The van der Waals surface area contributed by atoms with Crippen LogP contribution in [0.25, 0.3) is 10.9 Å². The van der Waals surface area contributed by atoms with Crippen molar-refractivity contribution >= 4 is 66.5 Å². The third-order valence-electron chi connectivity index (χ3n) is 3.96. The van der Waals surface area contributed by atoms with Crippen LogP contribution in [0, 0.1) is 6.92 Å². The summed E-state index contributed by atoms with van der Waals surface area (Å²) in [7, 11) is 0. The zero-order chi connectivity index (χ0) is 21.3. The Labute approximate surface area is 187 Å². The number of ether oxygens (including phenoxy) is 1. The number of nitrogens with zero attached hydrogens (tertiary/aromatic N) is 3. The number of halogens is 3. The first-order valence-corrected chi connectivity index (χ1v) is 10.3. The lowest BCUT2D eigenvalue weighted by Gasteiger charge is -2.15. The van der Waals surface area contributed by atoms with Gasteiger partial charge in [-0.15, -0.1) is 0 Å². The van der Waals surface area contributed by atoms with E-state index in [1.165, 1.54) is 13.1 Å². The highest BCUT2D eigenvalue weighted by Crippen LogP contribution is 2.32. The molecule has 0 fully saturated rings. The van der Waals surface area contributed by atoms with Crippen LogP contribution < -0.4 is 10.3 Å². The average molecular weight is 544 g/mol. The highest BCUT2D eigenvalue weighted by molar-refractivity contribution is 9.10. The molecule has 0 spiro atoms. The fourth-order valence-electron chi connectivity index (χ4n) is 2.54. The molecule has 1 N–H and O–H groups in total. The molecule has 1 heterocycles. The fraction of sp³-hybridized carbons (Fsp3) is 0.158. The minimum atomic E-state index is -1.12. The summed E-state index contributed by atoms with van der Waals surface area (Å²) in [4.78, 5) is 28.4. The quantitative estimate of drug-likeness (QED) is 0.474. The van der Waals surface area contributed by atoms with E-state index in [9.17, 15) is 9.59 Å². The predicted molar refractivity (Wildman–Crippen MR) is 118 cm³/mol. The number of carbonyl (C=O) groups is 1. The number of carboxylic acid groups (broad SMARTS) is 1. The Balaban J connectivity index is 2.11. The van der Waals surface area contributed by atoms with Crippen molar-refractivity contribution in [2.24, 2.45) is 5.10 Å². The molecule has 0 unspecified atom stereocenters. The van der Waals surface area contributed by atoms with Gasteiger partial charge in [0.15, 0.2) is 6.10 Å². The van der Waals surface area contributed by atoms with E-state index >= 15 is 0 Å². The Bertz CT molecular complexity index is 1210. The number of aliphatic carboxylic acids is 1. The van der Waals surface area contributed by atoms with Gasteiger partial charge in [-0.1, -0.05) is 27.5 Å². The van der Waals surface area contributed by atoms with Gasteiger partial charge in [-0.3, -0.25) is 4.79 Å². The van der Waals surface area contributed by atoms with Crippen LogP contribution in [0.3, 0.4) is 0 Å². The first-order chi connectivity index (χ1) is 13.7. The number of rotatable bonds is 5. The third kappa shape index (κ3) is 4.68. The lowest BCUT2D eigenvalue weighted by atomic mass is 10.2. The number of aromatic nitrogens is 2. The van der Waals surface area contributed by atoms with Crippen LogP contribution in [0.5, 0.6) is 5.75 Å². The van der Waals surface area contributed by atoms with Crippen LogP contribution in [0.15, 0.2) is 49.2 Å². The number of hydrogen-bond donors (Lipinski definition) is 1. The van der Waals surface area contributed by atoms with Crippen molar-refractivity contribution < 1.29 is 14.6 Å². The van der Waals surface area contributed by atoms with Crippen molar-refractivity contribution in [3.8, 4) is 5.75 Å². The summed E-state index contributed by atoms with van der Waals surface area (Å²) in [6, 6.07) is 8.36. The second kappa shape index (κ2) is 8.64. The van der Waals surface area contributed by atoms with Gasteiger partial charge in [0, 0.05) is 15.1 Å². The normalized spacial score (nSPS) is 12.4. The van der Waals surface area contributed by atoms with E-state index in [0.717, 1.165) is 9.15 Å². The molecule has 0 saturated carbocycles. The minimum absolute atomic E-state index is 0.246. The van der Waals surface area contributed by atoms with Gasteiger partial charge in [-0.05, 0) is 60.1 Å². The predicted octanol–water partition coefficient (Wildman–Crippen LogP) is 4.62. The molecule has 0 saturated heterocycles. The lowest BCUT2D eigenvalue weighted by molar-refractivity contribution is -0.144. The maximum absolute atomic E-state index is 12.9. The van der Waals surface area contributed by atoms with Crippen LogP contribution in [0.4, 0.5) is 0 Å². The van der Waals surface area contributed by atoms with Gasteiger partial charge in [0.05, 0.1) is 21.6 Å². The molecule has 0 radical (unpaired) electrons. The van der Waals surface area contributed by atoms with Gasteiger partial charge >= 0.3 is 5.97 Å². The molecule has 3 rings (SSSR count). The first kappa shape index (κ1) is 21.5. The zero-order valence-electron chi connectivity index (χ0n) is 15.2. The molecule has 10 heteroatoms. The molecule has 0 bridgehead atoms. The second-order valence-corrected chi connectivity index (χ2v) is 8.29. The van der Waals surface area contributed by atoms with Crippen molar-refractivity contribution in [3.63, 3.8) is 0 Å². The molecule has 1 aromatic heterocycles. The van der Waals surface area contributed by atoms with Crippen LogP contribution in [-0.4, -0.2) is 33.1 Å². The van der Waals surface area contributed by atoms with Gasteiger partial charge in [0.1, 0.15) is 11.6 Å². The van der Waals surface area contributed by atoms with Crippen molar-refractivity contribution in [1.82, 2.24) is 9.66 Å². The Hall–Kier alpha value is -2.23. The summed E-state index contributed by atoms with van der Waals surface area (Å²) in [5.41, 5.74) is 0.623. The van der Waals surface area contributed by atoms with Crippen LogP contribution in [0.2, 0.25) is 5.02 Å². The smallest absolute Gasteiger partial charge is 0.344 e. The maximum atomic E-state index is 12.9. The summed E-state index contributed by atoms with van der Waals surface area (Å²) in [6.07, 6.45) is 0.282. The molecule has 1 atom stereocenters. The van der Waals surface area contributed by atoms with Crippen LogP contribution in [-0.2, 0) is 4.79 Å². The average Bonchev–Trinajstić information content (AvgIpc) is 2.64. The summed E-state index contributed by atoms with van der Waals surface area (Å²) < 4.78 is 7.90. The largest absolute Gasteiger partial charge is 0.479 e. The maximum Gasteiger partial charge on any atom is 0.344 e. The standard InChI is InChI=1S/C19H14Br2ClN3O4/c1-9(19(27)28)29-17-11(5-13(22)7-15(17)21)8-23-25-10(2)24-16-4-3-12(20)6-14(16)18(25)26/h3-9H,1-2H3,(H,27,28)/t9-/m0/s1. The number of aryl methyl sites for hydroxylation is 1. The second-order valence-electron chi connectivity index (χ2n) is 6.09. The van der Waals surface area contributed by atoms with Gasteiger partial charge < -0.3 is 9.84 Å². The molecule has 0 aliphatic heterocycles. The number of benzene rings is 2. The topological polar surface area (TPSA) is 93.8 Å². The van der Waals surface area contributed by atoms with Crippen molar-refractivity contribution in [3.05, 3.63) is 66.0 Å². The Kier molecular flexibility index (Phi) is 6.40. The molecule has 0 aliphatic carbocycles. The highest BCUT2D eigenvalue weighted by atomic mass is 79.9. The first-order valence-electron chi connectivity index (χ1n) is 8.29. The number of carboxylic acids is 1. The molecule has 150 valence electrons. The minimum Gasteiger partial charge on any atom is -0.479 e. The summed E-state index contributed by atoms with van der Waals surface area (Å²) in [6.45, 7) is 3.07. The van der Waals surface area contributed by atoms with E-state index < -0.39 is 12.1 Å². The van der Waals surface area contributed by atoms with Crippen molar-refractivity contribution in [1.29, 1.82) is 0 Å². The fourth-order valence-corrected chi connectivity index (χ4v) is 3.83. The Morgan fingerprint density at radius 1 is 1.34 bits per heavy atom. The van der Waals surface area contributed by atoms with Crippen LogP contribution in [0.1, 0.15) is 18.3 Å². The summed E-state index contributed by atoms with van der Waals surface area (Å²) >= 11 is 12.8. The SMILES string of the molecule is Cc1nc2ccc(Br)cc2c(=O)n1N=Cc1cc(Cl)cc(Br)c1O[C@@H](C)C(=O)O. The van der Waals surface area contributed by atoms with Crippen LogP contribution >= 0.6 is 43.5 Å². The summed E-state index contributed by atoms with van der Waals surface area (Å²) in [5.74, 6) is -0.482. The van der Waals surface area contributed by atoms with E-state index in [2.05, 4.69) is 41.9 Å². The molecule has 29 heavy (non-hydrogen) atoms. The van der Waals surface area contributed by atoms with Gasteiger partial charge in [-0.25, -0.2) is 9.78 Å². The van der Waals surface area contributed by atoms with E-state index in [-0.39, 0.29) is 11.3 Å². The Morgan fingerprint density at radius 3 is 2.76 bits per heavy atom. The number of fused-ring (bicyclic) bond motifs is 1. The Morgan fingerprint density at radius 2 is 2.07 bits per heavy atom. The van der Waals surface area contributed by atoms with Crippen molar-refractivity contribution in [2.75, 3.05) is 0 Å². The number of hydrogen-bond acceptors (Lipinski definition) is 5. The van der Waals surface area contributed by atoms with Gasteiger partial charge in [-0.2, -0.15) is 9.78 Å². The molecule has 0 aliphatic rings. The molecular weight excluding hydrogens is 529 g/mol. The summed E-state index contributed by atoms with van der Waals surface area (Å²) in [5, 5.41) is 14.2. The molecule has 3 aromatic rings. The molecule has 0 amide bonds. The highest BCUT2D eigenvalue weighted by Gasteiger charge is 2.18. The monoisotopic (exact) mass is 541 g/mol. The van der Waals surface area contributed by atoms with Gasteiger partial charge in [0.2, 0.25) is 0 Å². The van der Waals surface area contributed by atoms with E-state index in [1.54, 1.807) is 37.3 Å². The van der Waals surface area contributed by atoms with E-state index in [0.29, 0.717) is 31.8 Å². The zero-order valence-corrected chi connectivity index (χ0v) is 19.1. The molecular formula is C19H14Br2ClN3O4. The van der Waals surface area contributed by atoms with E-state index in [4.69, 9.17) is 21.4 Å². The third-order valence-corrected chi connectivity index (χ3v) is 5.26.